The quantitative estimate of drug-likeness (QED) is 0.594. The summed E-state index contributed by atoms with van der Waals surface area (Å²) < 4.78 is 1.20. The van der Waals surface area contributed by atoms with Gasteiger partial charge in [-0.2, -0.15) is 0 Å². The number of hydrogen-bond acceptors (Lipinski definition) is 2. The summed E-state index contributed by atoms with van der Waals surface area (Å²) in [6.07, 6.45) is 2.52. The molecule has 0 heterocycles. The van der Waals surface area contributed by atoms with Gasteiger partial charge in [-0.1, -0.05) is 25.5 Å². The number of nitrogens with one attached hydrogen (secondary N) is 1. The molecule has 0 spiro atoms. The van der Waals surface area contributed by atoms with Crippen LogP contribution in [0.5, 0.6) is 0 Å². The minimum Gasteiger partial charge on any atom is -0.313 e. The number of halogens is 1. The van der Waals surface area contributed by atoms with Crippen molar-refractivity contribution in [2.24, 2.45) is 0 Å². The number of benzene rings is 1. The van der Waals surface area contributed by atoms with Crippen molar-refractivity contribution in [1.29, 1.82) is 0 Å². The van der Waals surface area contributed by atoms with E-state index in [9.17, 15) is 0 Å². The summed E-state index contributed by atoms with van der Waals surface area (Å²) in [6, 6.07) is 9.03. The summed E-state index contributed by atoms with van der Waals surface area (Å²) in [5, 5.41) is 3.54. The SMILES string of the molecule is CCCC(C)NCCSc1ccccc1Br. The van der Waals surface area contributed by atoms with Crippen LogP contribution >= 0.6 is 27.7 Å². The van der Waals surface area contributed by atoms with Gasteiger partial charge in [0.25, 0.3) is 0 Å². The molecule has 1 atom stereocenters. The van der Waals surface area contributed by atoms with Gasteiger partial charge in [-0.15, -0.1) is 11.8 Å². The minimum atomic E-state index is 0.643. The van der Waals surface area contributed by atoms with Crippen LogP contribution in [0.15, 0.2) is 33.6 Å². The normalized spacial score (nSPS) is 12.7. The van der Waals surface area contributed by atoms with E-state index in [-0.39, 0.29) is 0 Å². The first-order chi connectivity index (χ1) is 7.74. The van der Waals surface area contributed by atoms with Crippen LogP contribution in [0.3, 0.4) is 0 Å². The summed E-state index contributed by atoms with van der Waals surface area (Å²) >= 11 is 5.46. The Morgan fingerprint density at radius 3 is 2.81 bits per heavy atom. The van der Waals surface area contributed by atoms with Gasteiger partial charge in [0.05, 0.1) is 0 Å². The highest BCUT2D eigenvalue weighted by Crippen LogP contribution is 2.26. The lowest BCUT2D eigenvalue weighted by Gasteiger charge is -2.12. The molecule has 1 nitrogen and oxygen atoms in total. The van der Waals surface area contributed by atoms with Gasteiger partial charge in [-0.25, -0.2) is 0 Å². The zero-order valence-corrected chi connectivity index (χ0v) is 12.4. The minimum absolute atomic E-state index is 0.643. The van der Waals surface area contributed by atoms with E-state index in [0.29, 0.717) is 6.04 Å². The molecule has 16 heavy (non-hydrogen) atoms. The van der Waals surface area contributed by atoms with Gasteiger partial charge in [0, 0.05) is 27.7 Å². The second-order valence-electron chi connectivity index (χ2n) is 3.92. The molecule has 1 unspecified atom stereocenters. The van der Waals surface area contributed by atoms with Crippen molar-refractivity contribution in [3.63, 3.8) is 0 Å². The summed E-state index contributed by atoms with van der Waals surface area (Å²) in [7, 11) is 0. The van der Waals surface area contributed by atoms with E-state index in [1.807, 2.05) is 11.8 Å². The van der Waals surface area contributed by atoms with Crippen LogP contribution < -0.4 is 5.32 Å². The Morgan fingerprint density at radius 2 is 2.12 bits per heavy atom. The molecular formula is C13H20BrNS. The van der Waals surface area contributed by atoms with E-state index in [2.05, 4.69) is 59.4 Å². The van der Waals surface area contributed by atoms with Crippen molar-refractivity contribution in [3.8, 4) is 0 Å². The number of thioether (sulfide) groups is 1. The van der Waals surface area contributed by atoms with Crippen LogP contribution in [0.4, 0.5) is 0 Å². The van der Waals surface area contributed by atoms with Crippen molar-refractivity contribution >= 4 is 27.7 Å². The molecule has 0 aliphatic carbocycles. The van der Waals surface area contributed by atoms with Crippen LogP contribution in [0.1, 0.15) is 26.7 Å². The van der Waals surface area contributed by atoms with E-state index in [1.54, 1.807) is 0 Å². The van der Waals surface area contributed by atoms with Crippen molar-refractivity contribution in [2.45, 2.75) is 37.6 Å². The van der Waals surface area contributed by atoms with Gasteiger partial charge in [0.2, 0.25) is 0 Å². The van der Waals surface area contributed by atoms with Gasteiger partial charge in [-0.05, 0) is 41.4 Å². The van der Waals surface area contributed by atoms with E-state index >= 15 is 0 Å². The van der Waals surface area contributed by atoms with Crippen molar-refractivity contribution in [2.75, 3.05) is 12.3 Å². The molecule has 3 heteroatoms. The maximum atomic E-state index is 3.56. The highest BCUT2D eigenvalue weighted by Gasteiger charge is 2.01. The Kier molecular flexibility index (Phi) is 7.17. The first-order valence-electron chi connectivity index (χ1n) is 5.84. The average molecular weight is 302 g/mol. The molecule has 0 fully saturated rings. The highest BCUT2D eigenvalue weighted by molar-refractivity contribution is 9.10. The number of rotatable bonds is 7. The maximum Gasteiger partial charge on any atom is 0.0311 e. The van der Waals surface area contributed by atoms with E-state index in [4.69, 9.17) is 0 Å². The Hall–Kier alpha value is 0.01000. The first kappa shape index (κ1) is 14.1. The zero-order chi connectivity index (χ0) is 11.8. The Balaban J connectivity index is 2.19. The fraction of sp³-hybridized carbons (Fsp3) is 0.538. The first-order valence-corrected chi connectivity index (χ1v) is 7.62. The molecule has 1 N–H and O–H groups in total. The third kappa shape index (κ3) is 5.37. The average Bonchev–Trinajstić information content (AvgIpc) is 2.27. The van der Waals surface area contributed by atoms with Gasteiger partial charge < -0.3 is 5.32 Å². The third-order valence-electron chi connectivity index (χ3n) is 2.41. The summed E-state index contributed by atoms with van der Waals surface area (Å²) in [5.74, 6) is 1.12. The Bertz CT molecular complexity index is 304. The fourth-order valence-corrected chi connectivity index (χ4v) is 3.01. The second-order valence-corrected chi connectivity index (χ2v) is 5.91. The van der Waals surface area contributed by atoms with Crippen LogP contribution in [0.2, 0.25) is 0 Å². The topological polar surface area (TPSA) is 12.0 Å². The Labute approximate surface area is 112 Å². The molecule has 0 bridgehead atoms. The molecule has 1 rings (SSSR count). The van der Waals surface area contributed by atoms with Gasteiger partial charge >= 0.3 is 0 Å². The standard InChI is InChI=1S/C13H20BrNS/c1-3-6-11(2)15-9-10-16-13-8-5-4-7-12(13)14/h4-5,7-8,11,15H,3,6,9-10H2,1-2H3. The molecule has 0 radical (unpaired) electrons. The number of hydrogen-bond donors (Lipinski definition) is 1. The highest BCUT2D eigenvalue weighted by atomic mass is 79.9. The van der Waals surface area contributed by atoms with Crippen molar-refractivity contribution in [1.82, 2.24) is 5.32 Å². The van der Waals surface area contributed by atoms with Gasteiger partial charge in [-0.3, -0.25) is 0 Å². The van der Waals surface area contributed by atoms with E-state index in [0.717, 1.165) is 12.3 Å². The fourth-order valence-electron chi connectivity index (χ4n) is 1.56. The molecule has 0 aliphatic heterocycles. The molecule has 90 valence electrons. The monoisotopic (exact) mass is 301 g/mol. The lowest BCUT2D eigenvalue weighted by molar-refractivity contribution is 0.526. The van der Waals surface area contributed by atoms with E-state index in [1.165, 1.54) is 22.2 Å². The van der Waals surface area contributed by atoms with E-state index < -0.39 is 0 Å². The third-order valence-corrected chi connectivity index (χ3v) is 4.44. The second kappa shape index (κ2) is 8.15. The van der Waals surface area contributed by atoms with Crippen LogP contribution in [0, 0.1) is 0 Å². The van der Waals surface area contributed by atoms with Crippen LogP contribution in [0.25, 0.3) is 0 Å². The molecule has 0 saturated heterocycles. The lowest BCUT2D eigenvalue weighted by Crippen LogP contribution is -2.27. The van der Waals surface area contributed by atoms with Crippen LogP contribution in [-0.2, 0) is 0 Å². The largest absolute Gasteiger partial charge is 0.313 e. The van der Waals surface area contributed by atoms with Crippen LogP contribution in [-0.4, -0.2) is 18.3 Å². The molecule has 0 aromatic heterocycles. The molecule has 0 saturated carbocycles. The van der Waals surface area contributed by atoms with Crippen molar-refractivity contribution < 1.29 is 0 Å². The lowest BCUT2D eigenvalue weighted by atomic mass is 10.2. The predicted molar refractivity (Wildman–Crippen MR) is 77.2 cm³/mol. The van der Waals surface area contributed by atoms with Gasteiger partial charge in [0.15, 0.2) is 0 Å². The molecule has 1 aromatic carbocycles. The smallest absolute Gasteiger partial charge is 0.0311 e. The molecule has 1 aromatic rings. The summed E-state index contributed by atoms with van der Waals surface area (Å²) in [6.45, 7) is 5.56. The molecular weight excluding hydrogens is 282 g/mol. The summed E-state index contributed by atoms with van der Waals surface area (Å²) in [4.78, 5) is 1.33. The van der Waals surface area contributed by atoms with Crippen molar-refractivity contribution in [3.05, 3.63) is 28.7 Å². The predicted octanol–water partition coefficient (Wildman–Crippen LogP) is 4.32. The van der Waals surface area contributed by atoms with Gasteiger partial charge in [0.1, 0.15) is 0 Å². The zero-order valence-electron chi connectivity index (χ0n) is 10.0. The molecule has 0 aliphatic rings. The molecule has 0 amide bonds. The maximum absolute atomic E-state index is 3.56. The summed E-state index contributed by atoms with van der Waals surface area (Å²) in [5.41, 5.74) is 0. The Morgan fingerprint density at radius 1 is 1.38 bits per heavy atom.